The van der Waals surface area contributed by atoms with Crippen molar-refractivity contribution in [2.75, 3.05) is 4.72 Å². The van der Waals surface area contributed by atoms with E-state index in [0.29, 0.717) is 16.7 Å². The minimum absolute atomic E-state index is 0.170. The van der Waals surface area contributed by atoms with Gasteiger partial charge in [-0.3, -0.25) is 9.52 Å². The molecule has 0 aliphatic rings. The van der Waals surface area contributed by atoms with Crippen LogP contribution in [0.1, 0.15) is 0 Å². The first kappa shape index (κ1) is 15.9. The number of hydrogen-bond donors (Lipinski definition) is 3. The fourth-order valence-corrected chi connectivity index (χ4v) is 4.05. The predicted molar refractivity (Wildman–Crippen MR) is 101 cm³/mol. The molecule has 2 heterocycles. The van der Waals surface area contributed by atoms with E-state index in [0.717, 1.165) is 15.2 Å². The number of benzene rings is 2. The maximum Gasteiger partial charge on any atom is 0.272 e. The van der Waals surface area contributed by atoms with E-state index < -0.39 is 10.0 Å². The van der Waals surface area contributed by atoms with Gasteiger partial charge in [0.25, 0.3) is 15.6 Å². The van der Waals surface area contributed by atoms with Gasteiger partial charge in [-0.2, -0.15) is 0 Å². The van der Waals surface area contributed by atoms with Crippen LogP contribution in [0, 0.1) is 0 Å². The number of rotatable bonds is 3. The van der Waals surface area contributed by atoms with E-state index >= 15 is 0 Å². The van der Waals surface area contributed by atoms with Gasteiger partial charge in [0.05, 0.1) is 4.90 Å². The number of nitrogens with one attached hydrogen (secondary N) is 3. The summed E-state index contributed by atoms with van der Waals surface area (Å²) >= 11 is 3.28. The molecule has 25 heavy (non-hydrogen) atoms. The normalized spacial score (nSPS) is 11.9. The minimum atomic E-state index is -3.70. The molecule has 0 unspecified atom stereocenters. The van der Waals surface area contributed by atoms with Crippen LogP contribution in [0.15, 0.2) is 68.9 Å². The lowest BCUT2D eigenvalue weighted by atomic mass is 10.1. The summed E-state index contributed by atoms with van der Waals surface area (Å²) < 4.78 is 28.4. The molecule has 3 N–H and O–H groups in total. The number of aromatic nitrogens is 2. The van der Waals surface area contributed by atoms with E-state index in [2.05, 4.69) is 30.6 Å². The van der Waals surface area contributed by atoms with Crippen molar-refractivity contribution in [2.24, 2.45) is 0 Å². The zero-order valence-electron chi connectivity index (χ0n) is 12.7. The Morgan fingerprint density at radius 3 is 2.48 bits per heavy atom. The second kappa shape index (κ2) is 5.75. The molecule has 0 spiro atoms. The Morgan fingerprint density at radius 1 is 0.960 bits per heavy atom. The summed E-state index contributed by atoms with van der Waals surface area (Å²) in [4.78, 5) is 17.8. The van der Waals surface area contributed by atoms with Gasteiger partial charge in [0.15, 0.2) is 0 Å². The fourth-order valence-electron chi connectivity index (χ4n) is 2.73. The van der Waals surface area contributed by atoms with Gasteiger partial charge in [0.1, 0.15) is 5.52 Å². The molecule has 0 aliphatic heterocycles. The molecular formula is C17H12BrN3O3S. The average Bonchev–Trinajstić information content (AvgIpc) is 3.06. The highest BCUT2D eigenvalue weighted by molar-refractivity contribution is 9.10. The molecule has 0 amide bonds. The number of sulfonamides is 1. The summed E-state index contributed by atoms with van der Waals surface area (Å²) in [6.07, 6.45) is 1.68. The summed E-state index contributed by atoms with van der Waals surface area (Å²) in [5.41, 5.74) is 1.31. The van der Waals surface area contributed by atoms with Gasteiger partial charge in [-0.05, 0) is 48.5 Å². The second-order valence-electron chi connectivity index (χ2n) is 5.54. The molecule has 0 atom stereocenters. The van der Waals surface area contributed by atoms with E-state index in [4.69, 9.17) is 0 Å². The third-order valence-electron chi connectivity index (χ3n) is 3.91. The van der Waals surface area contributed by atoms with Gasteiger partial charge in [-0.25, -0.2) is 8.42 Å². The third kappa shape index (κ3) is 2.83. The molecule has 126 valence electrons. The lowest BCUT2D eigenvalue weighted by molar-refractivity contribution is 0.601. The highest BCUT2D eigenvalue weighted by Gasteiger charge is 2.15. The minimum Gasteiger partial charge on any atom is -0.357 e. The van der Waals surface area contributed by atoms with Gasteiger partial charge in [-0.1, -0.05) is 15.9 Å². The zero-order valence-corrected chi connectivity index (χ0v) is 15.1. The molecule has 8 heteroatoms. The van der Waals surface area contributed by atoms with Crippen LogP contribution < -0.4 is 10.3 Å². The van der Waals surface area contributed by atoms with E-state index in [1.165, 1.54) is 12.1 Å². The maximum absolute atomic E-state index is 12.5. The predicted octanol–water partition coefficient (Wildman–Crippen LogP) is 3.57. The quantitative estimate of drug-likeness (QED) is 0.475. The monoisotopic (exact) mass is 417 g/mol. The summed E-state index contributed by atoms with van der Waals surface area (Å²) in [6, 6.07) is 13.2. The van der Waals surface area contributed by atoms with E-state index in [9.17, 15) is 13.2 Å². The number of halogens is 1. The van der Waals surface area contributed by atoms with Gasteiger partial charge >= 0.3 is 0 Å². The first-order valence-corrected chi connectivity index (χ1v) is 9.63. The number of H-pyrrole nitrogens is 2. The molecule has 4 rings (SSSR count). The van der Waals surface area contributed by atoms with Crippen molar-refractivity contribution in [3.63, 3.8) is 0 Å². The molecule has 0 saturated carbocycles. The first-order chi connectivity index (χ1) is 11.9. The SMILES string of the molecule is O=c1[nH]c2ccc(NS(=O)(=O)c3ccc(Br)cc3)cc2c2cc[nH]c12. The van der Waals surface area contributed by atoms with Crippen molar-refractivity contribution in [2.45, 2.75) is 4.90 Å². The highest BCUT2D eigenvalue weighted by atomic mass is 79.9. The van der Waals surface area contributed by atoms with Crippen LogP contribution in [-0.2, 0) is 10.0 Å². The van der Waals surface area contributed by atoms with Crippen molar-refractivity contribution >= 4 is 53.4 Å². The molecule has 2 aromatic carbocycles. The largest absolute Gasteiger partial charge is 0.357 e. The van der Waals surface area contributed by atoms with E-state index in [1.807, 2.05) is 0 Å². The van der Waals surface area contributed by atoms with Gasteiger partial charge < -0.3 is 9.97 Å². The summed E-state index contributed by atoms with van der Waals surface area (Å²) in [7, 11) is -3.70. The molecule has 0 fully saturated rings. The number of anilines is 1. The van der Waals surface area contributed by atoms with Crippen molar-refractivity contribution in [3.8, 4) is 0 Å². The smallest absolute Gasteiger partial charge is 0.272 e. The topological polar surface area (TPSA) is 94.8 Å². The molecule has 0 aliphatic carbocycles. The van der Waals surface area contributed by atoms with Crippen LogP contribution in [0.5, 0.6) is 0 Å². The standard InChI is InChI=1S/C17H12BrN3O3S/c18-10-1-4-12(5-2-10)25(23,24)21-11-3-6-15-14(9-11)13-7-8-19-16(13)17(22)20-15/h1-9,19,21H,(H,20,22). The summed E-state index contributed by atoms with van der Waals surface area (Å²) in [5, 5.41) is 1.50. The van der Waals surface area contributed by atoms with Gasteiger partial charge in [-0.15, -0.1) is 0 Å². The molecule has 6 nitrogen and oxygen atoms in total. The van der Waals surface area contributed by atoms with Gasteiger partial charge in [0, 0.05) is 32.6 Å². The maximum atomic E-state index is 12.5. The zero-order chi connectivity index (χ0) is 17.6. The third-order valence-corrected chi connectivity index (χ3v) is 5.83. The molecule has 0 bridgehead atoms. The van der Waals surface area contributed by atoms with Crippen LogP contribution in [0.4, 0.5) is 5.69 Å². The average molecular weight is 418 g/mol. The Bertz CT molecular complexity index is 1260. The lowest BCUT2D eigenvalue weighted by Gasteiger charge is -2.09. The molecular weight excluding hydrogens is 406 g/mol. The van der Waals surface area contributed by atoms with Crippen LogP contribution in [-0.4, -0.2) is 18.4 Å². The molecule has 4 aromatic rings. The first-order valence-electron chi connectivity index (χ1n) is 7.35. The van der Waals surface area contributed by atoms with Crippen LogP contribution in [0.3, 0.4) is 0 Å². The molecule has 0 radical (unpaired) electrons. The Kier molecular flexibility index (Phi) is 3.66. The Morgan fingerprint density at radius 2 is 1.72 bits per heavy atom. The van der Waals surface area contributed by atoms with Crippen LogP contribution >= 0.6 is 15.9 Å². The highest BCUT2D eigenvalue weighted by Crippen LogP contribution is 2.25. The molecule has 2 aromatic heterocycles. The second-order valence-corrected chi connectivity index (χ2v) is 8.14. The number of aromatic amines is 2. The van der Waals surface area contributed by atoms with Crippen molar-refractivity contribution < 1.29 is 8.42 Å². The van der Waals surface area contributed by atoms with Crippen molar-refractivity contribution in [1.29, 1.82) is 0 Å². The van der Waals surface area contributed by atoms with Crippen molar-refractivity contribution in [3.05, 3.63) is 69.6 Å². The number of fused-ring (bicyclic) bond motifs is 3. The molecule has 0 saturated heterocycles. The summed E-state index contributed by atoms with van der Waals surface area (Å²) in [5.74, 6) is 0. The number of hydrogen-bond acceptors (Lipinski definition) is 3. The Hall–Kier alpha value is -2.58. The Balaban J connectivity index is 1.81. The van der Waals surface area contributed by atoms with Crippen molar-refractivity contribution in [1.82, 2.24) is 9.97 Å². The fraction of sp³-hybridized carbons (Fsp3) is 0. The van der Waals surface area contributed by atoms with Crippen LogP contribution in [0.2, 0.25) is 0 Å². The lowest BCUT2D eigenvalue weighted by Crippen LogP contribution is -2.13. The Labute approximate surface area is 151 Å². The van der Waals surface area contributed by atoms with Crippen LogP contribution in [0.25, 0.3) is 21.8 Å². The number of pyridine rings is 1. The van der Waals surface area contributed by atoms with Gasteiger partial charge in [0.2, 0.25) is 0 Å². The van der Waals surface area contributed by atoms with E-state index in [1.54, 1.807) is 42.6 Å². The summed E-state index contributed by atoms with van der Waals surface area (Å²) in [6.45, 7) is 0. The van der Waals surface area contributed by atoms with E-state index in [-0.39, 0.29) is 10.5 Å².